The predicted molar refractivity (Wildman–Crippen MR) is 88.8 cm³/mol. The lowest BCUT2D eigenvalue weighted by Crippen LogP contribution is -2.41. The van der Waals surface area contributed by atoms with Crippen molar-refractivity contribution in [3.63, 3.8) is 0 Å². The number of hydrogen-bond acceptors (Lipinski definition) is 5. The van der Waals surface area contributed by atoms with Gasteiger partial charge in [-0.05, 0) is 56.1 Å². The number of carbonyl (C=O) groups excluding carboxylic acids is 1. The van der Waals surface area contributed by atoms with Crippen molar-refractivity contribution in [1.29, 1.82) is 0 Å². The summed E-state index contributed by atoms with van der Waals surface area (Å²) in [5.41, 5.74) is 0.687. The van der Waals surface area contributed by atoms with Gasteiger partial charge in [-0.15, -0.1) is 0 Å². The molecule has 0 radical (unpaired) electrons. The van der Waals surface area contributed by atoms with Gasteiger partial charge < -0.3 is 19.8 Å². The second-order valence-electron chi connectivity index (χ2n) is 6.19. The van der Waals surface area contributed by atoms with Crippen molar-refractivity contribution < 1.29 is 19.7 Å². The zero-order chi connectivity index (χ0) is 16.7. The maximum Gasteiger partial charge on any atom is 0.162 e. The molecule has 1 atom stereocenters. The van der Waals surface area contributed by atoms with Crippen LogP contribution in [0, 0.1) is 5.92 Å². The van der Waals surface area contributed by atoms with Crippen LogP contribution in [0.3, 0.4) is 0 Å². The molecule has 0 spiro atoms. The number of Topliss-reactive ketones (excluding diaryl/α,β-unsaturated/α-hetero) is 1. The standard InChI is InChI=1S/C18H27NO4/c1-2-18(22)15-3-5-17(6-4-15)23-13-16(21)11-19-9-7-14(12-20)8-10-19/h3-6,14,16,20-21H,2,7-13H2,1H3. The molecule has 0 aromatic heterocycles. The third kappa shape index (κ3) is 5.61. The van der Waals surface area contributed by atoms with Crippen molar-refractivity contribution in [2.75, 3.05) is 32.8 Å². The number of carbonyl (C=O) groups is 1. The number of rotatable bonds is 8. The van der Waals surface area contributed by atoms with Crippen LogP contribution in [0.5, 0.6) is 5.75 Å². The van der Waals surface area contributed by atoms with Crippen molar-refractivity contribution in [2.24, 2.45) is 5.92 Å². The second kappa shape index (κ2) is 9.01. The first-order chi connectivity index (χ1) is 11.1. The fourth-order valence-electron chi connectivity index (χ4n) is 2.84. The second-order valence-corrected chi connectivity index (χ2v) is 6.19. The third-order valence-electron chi connectivity index (χ3n) is 4.37. The van der Waals surface area contributed by atoms with Crippen LogP contribution < -0.4 is 4.74 Å². The molecule has 1 unspecified atom stereocenters. The molecule has 1 aliphatic heterocycles. The van der Waals surface area contributed by atoms with E-state index in [1.54, 1.807) is 24.3 Å². The Hall–Kier alpha value is -1.43. The van der Waals surface area contributed by atoms with E-state index in [1.165, 1.54) is 0 Å². The highest BCUT2D eigenvalue weighted by Crippen LogP contribution is 2.17. The molecule has 1 aliphatic rings. The molecule has 1 aromatic rings. The number of likely N-dealkylation sites (tertiary alicyclic amines) is 1. The fraction of sp³-hybridized carbons (Fsp3) is 0.611. The molecule has 1 aromatic carbocycles. The summed E-state index contributed by atoms with van der Waals surface area (Å²) < 4.78 is 5.59. The van der Waals surface area contributed by atoms with Gasteiger partial charge in [0, 0.05) is 25.1 Å². The zero-order valence-electron chi connectivity index (χ0n) is 13.8. The lowest BCUT2D eigenvalue weighted by Gasteiger charge is -2.32. The van der Waals surface area contributed by atoms with Crippen LogP contribution >= 0.6 is 0 Å². The Balaban J connectivity index is 1.72. The van der Waals surface area contributed by atoms with E-state index < -0.39 is 6.10 Å². The molecule has 2 N–H and O–H groups in total. The molecule has 0 saturated carbocycles. The summed E-state index contributed by atoms with van der Waals surface area (Å²) in [6.45, 7) is 4.75. The Morgan fingerprint density at radius 1 is 1.30 bits per heavy atom. The molecular formula is C18H27NO4. The summed E-state index contributed by atoms with van der Waals surface area (Å²) in [6, 6.07) is 7.05. The first-order valence-corrected chi connectivity index (χ1v) is 8.39. The highest BCUT2D eigenvalue weighted by Gasteiger charge is 2.20. The lowest BCUT2D eigenvalue weighted by atomic mass is 9.98. The van der Waals surface area contributed by atoms with Crippen molar-refractivity contribution in [1.82, 2.24) is 4.90 Å². The lowest BCUT2D eigenvalue weighted by molar-refractivity contribution is 0.0488. The van der Waals surface area contributed by atoms with Gasteiger partial charge >= 0.3 is 0 Å². The predicted octanol–water partition coefficient (Wildman–Crippen LogP) is 1.72. The van der Waals surface area contributed by atoms with Crippen LogP contribution in [0.15, 0.2) is 24.3 Å². The van der Waals surface area contributed by atoms with E-state index in [4.69, 9.17) is 9.84 Å². The van der Waals surface area contributed by atoms with E-state index in [-0.39, 0.29) is 19.0 Å². The summed E-state index contributed by atoms with van der Waals surface area (Å²) in [7, 11) is 0. The Morgan fingerprint density at radius 2 is 1.96 bits per heavy atom. The molecule has 23 heavy (non-hydrogen) atoms. The van der Waals surface area contributed by atoms with Gasteiger partial charge in [-0.3, -0.25) is 4.79 Å². The summed E-state index contributed by atoms with van der Waals surface area (Å²) >= 11 is 0. The number of β-amino-alcohol motifs (C(OH)–C–C–N with tert-alkyl or cyclic N) is 1. The van der Waals surface area contributed by atoms with Crippen molar-refractivity contribution in [3.05, 3.63) is 29.8 Å². The van der Waals surface area contributed by atoms with Crippen molar-refractivity contribution >= 4 is 5.78 Å². The summed E-state index contributed by atoms with van der Waals surface area (Å²) in [6.07, 6.45) is 1.91. The minimum atomic E-state index is -0.544. The van der Waals surface area contributed by atoms with Gasteiger partial charge in [0.2, 0.25) is 0 Å². The molecule has 2 rings (SSSR count). The molecule has 5 heteroatoms. The Bertz CT molecular complexity index is 480. The molecule has 0 bridgehead atoms. The van der Waals surface area contributed by atoms with Gasteiger partial charge in [0.25, 0.3) is 0 Å². The van der Waals surface area contributed by atoms with E-state index in [1.807, 2.05) is 6.92 Å². The highest BCUT2D eigenvalue weighted by molar-refractivity contribution is 5.95. The van der Waals surface area contributed by atoms with E-state index >= 15 is 0 Å². The number of nitrogens with zero attached hydrogens (tertiary/aromatic N) is 1. The van der Waals surface area contributed by atoms with Crippen LogP contribution in [0.2, 0.25) is 0 Å². The minimum Gasteiger partial charge on any atom is -0.491 e. The molecule has 1 fully saturated rings. The SMILES string of the molecule is CCC(=O)c1ccc(OCC(O)CN2CCC(CO)CC2)cc1. The van der Waals surface area contributed by atoms with E-state index in [2.05, 4.69) is 4.90 Å². The quantitative estimate of drug-likeness (QED) is 0.714. The number of ether oxygens (including phenoxy) is 1. The topological polar surface area (TPSA) is 70.0 Å². The Morgan fingerprint density at radius 3 is 2.52 bits per heavy atom. The van der Waals surface area contributed by atoms with Gasteiger partial charge in [0.1, 0.15) is 18.5 Å². The number of benzene rings is 1. The summed E-state index contributed by atoms with van der Waals surface area (Å²) in [5, 5.41) is 19.2. The minimum absolute atomic E-state index is 0.114. The monoisotopic (exact) mass is 321 g/mol. The average Bonchev–Trinajstić information content (AvgIpc) is 2.60. The smallest absolute Gasteiger partial charge is 0.162 e. The number of ketones is 1. The third-order valence-corrected chi connectivity index (χ3v) is 4.37. The fourth-order valence-corrected chi connectivity index (χ4v) is 2.84. The summed E-state index contributed by atoms with van der Waals surface area (Å²) in [5.74, 6) is 1.18. The number of aliphatic hydroxyl groups excluding tert-OH is 2. The number of aliphatic hydroxyl groups is 2. The molecular weight excluding hydrogens is 294 g/mol. The molecule has 1 heterocycles. The molecule has 128 valence electrons. The van der Waals surface area contributed by atoms with E-state index in [0.29, 0.717) is 30.2 Å². The van der Waals surface area contributed by atoms with Crippen LogP contribution in [0.1, 0.15) is 36.5 Å². The van der Waals surface area contributed by atoms with Crippen molar-refractivity contribution in [2.45, 2.75) is 32.3 Å². The van der Waals surface area contributed by atoms with Gasteiger partial charge in [0.15, 0.2) is 5.78 Å². The van der Waals surface area contributed by atoms with Crippen LogP contribution in [0.25, 0.3) is 0 Å². The molecule has 0 amide bonds. The van der Waals surface area contributed by atoms with Gasteiger partial charge in [-0.2, -0.15) is 0 Å². The first kappa shape index (κ1) is 17.9. The largest absolute Gasteiger partial charge is 0.491 e. The zero-order valence-corrected chi connectivity index (χ0v) is 13.8. The molecule has 0 aliphatic carbocycles. The maximum absolute atomic E-state index is 11.6. The maximum atomic E-state index is 11.6. The van der Waals surface area contributed by atoms with E-state index in [0.717, 1.165) is 25.9 Å². The van der Waals surface area contributed by atoms with Crippen molar-refractivity contribution in [3.8, 4) is 5.75 Å². The van der Waals surface area contributed by atoms with Gasteiger partial charge in [0.05, 0.1) is 0 Å². The van der Waals surface area contributed by atoms with Gasteiger partial charge in [-0.1, -0.05) is 6.92 Å². The van der Waals surface area contributed by atoms with Crippen LogP contribution in [-0.4, -0.2) is 59.8 Å². The molecule has 5 nitrogen and oxygen atoms in total. The molecule has 1 saturated heterocycles. The highest BCUT2D eigenvalue weighted by atomic mass is 16.5. The first-order valence-electron chi connectivity index (χ1n) is 8.39. The normalized spacial score (nSPS) is 17.9. The van der Waals surface area contributed by atoms with Crippen LogP contribution in [-0.2, 0) is 0 Å². The average molecular weight is 321 g/mol. The Kier molecular flexibility index (Phi) is 7.02. The number of hydrogen-bond donors (Lipinski definition) is 2. The van der Waals surface area contributed by atoms with Crippen LogP contribution in [0.4, 0.5) is 0 Å². The van der Waals surface area contributed by atoms with Gasteiger partial charge in [-0.25, -0.2) is 0 Å². The Labute approximate surface area is 137 Å². The summed E-state index contributed by atoms with van der Waals surface area (Å²) in [4.78, 5) is 13.8. The van der Waals surface area contributed by atoms with E-state index in [9.17, 15) is 9.90 Å². The number of piperidine rings is 1.